The Labute approximate surface area is 122 Å². The molecule has 1 aliphatic carbocycles. The maximum absolute atomic E-state index is 12.4. The van der Waals surface area contributed by atoms with Crippen molar-refractivity contribution in [3.63, 3.8) is 0 Å². The topological polar surface area (TPSA) is 105 Å². The molecule has 0 aromatic heterocycles. The highest BCUT2D eigenvalue weighted by Crippen LogP contribution is 2.39. The second-order valence-electron chi connectivity index (χ2n) is 5.52. The summed E-state index contributed by atoms with van der Waals surface area (Å²) in [4.78, 5) is 36.8. The molecule has 0 spiro atoms. The zero-order valence-corrected chi connectivity index (χ0v) is 12.1. The van der Waals surface area contributed by atoms with Crippen LogP contribution in [0.25, 0.3) is 0 Å². The molecule has 0 aromatic rings. The van der Waals surface area contributed by atoms with Crippen LogP contribution < -0.4 is 5.32 Å². The normalized spacial score (nSPS) is 24.9. The maximum atomic E-state index is 12.4. The van der Waals surface area contributed by atoms with Crippen molar-refractivity contribution in [2.45, 2.75) is 31.3 Å². The molecule has 2 amide bonds. The van der Waals surface area contributed by atoms with Crippen molar-refractivity contribution in [3.8, 4) is 0 Å². The van der Waals surface area contributed by atoms with Crippen LogP contribution in [0, 0.1) is 5.92 Å². The molecule has 2 fully saturated rings. The van der Waals surface area contributed by atoms with Gasteiger partial charge >= 0.3 is 18.0 Å². The molecule has 1 aliphatic heterocycles. The average Bonchev–Trinajstić information content (AvgIpc) is 3.31. The van der Waals surface area contributed by atoms with Gasteiger partial charge in [-0.15, -0.1) is 0 Å². The first-order valence-corrected chi connectivity index (χ1v) is 6.88. The molecule has 2 N–H and O–H groups in total. The number of morpholine rings is 1. The van der Waals surface area contributed by atoms with E-state index < -0.39 is 29.6 Å². The summed E-state index contributed by atoms with van der Waals surface area (Å²) < 4.78 is 9.83. The summed E-state index contributed by atoms with van der Waals surface area (Å²) in [7, 11) is 1.23. The van der Waals surface area contributed by atoms with Crippen LogP contribution in [0.15, 0.2) is 0 Å². The Kier molecular flexibility index (Phi) is 4.36. The summed E-state index contributed by atoms with van der Waals surface area (Å²) in [6, 6.07) is -1.42. The lowest BCUT2D eigenvalue weighted by Gasteiger charge is -2.36. The van der Waals surface area contributed by atoms with Crippen LogP contribution in [0.4, 0.5) is 4.79 Å². The van der Waals surface area contributed by atoms with Crippen molar-refractivity contribution in [1.82, 2.24) is 10.2 Å². The Morgan fingerprint density at radius 1 is 1.38 bits per heavy atom. The van der Waals surface area contributed by atoms with Crippen LogP contribution in [-0.4, -0.2) is 66.4 Å². The summed E-state index contributed by atoms with van der Waals surface area (Å²) in [5, 5.41) is 11.9. The van der Waals surface area contributed by atoms with Crippen molar-refractivity contribution in [3.05, 3.63) is 0 Å². The predicted molar refractivity (Wildman–Crippen MR) is 70.6 cm³/mol. The molecule has 118 valence electrons. The highest BCUT2D eigenvalue weighted by atomic mass is 16.5. The second kappa shape index (κ2) is 5.88. The smallest absolute Gasteiger partial charge is 0.331 e. The summed E-state index contributed by atoms with van der Waals surface area (Å²) in [6.45, 7) is 2.06. The molecule has 2 rings (SSSR count). The third kappa shape index (κ3) is 3.10. The van der Waals surface area contributed by atoms with E-state index in [1.165, 1.54) is 18.9 Å². The number of nitrogens with one attached hydrogen (secondary N) is 1. The molecule has 0 radical (unpaired) electrons. The molecule has 2 aliphatic rings. The van der Waals surface area contributed by atoms with Crippen molar-refractivity contribution in [1.29, 1.82) is 0 Å². The number of urea groups is 1. The van der Waals surface area contributed by atoms with Gasteiger partial charge < -0.3 is 24.8 Å². The van der Waals surface area contributed by atoms with Crippen molar-refractivity contribution < 1.29 is 29.0 Å². The zero-order chi connectivity index (χ0) is 15.6. The van der Waals surface area contributed by atoms with E-state index in [0.29, 0.717) is 6.61 Å². The van der Waals surface area contributed by atoms with Crippen molar-refractivity contribution in [2.24, 2.45) is 5.92 Å². The first-order chi connectivity index (χ1) is 9.90. The van der Waals surface area contributed by atoms with Gasteiger partial charge in [0.15, 0.2) is 6.04 Å². The molecule has 2 unspecified atom stereocenters. The number of aliphatic carboxylic acids is 1. The lowest BCUT2D eigenvalue weighted by molar-refractivity contribution is -0.151. The number of carbonyl (C=O) groups is 3. The molecular formula is C13H20N2O6. The number of nitrogens with zero attached hydrogens (tertiary/aromatic N) is 1. The van der Waals surface area contributed by atoms with E-state index in [0.717, 1.165) is 12.8 Å². The monoisotopic (exact) mass is 300 g/mol. The van der Waals surface area contributed by atoms with E-state index in [9.17, 15) is 19.5 Å². The Morgan fingerprint density at radius 2 is 2.05 bits per heavy atom. The zero-order valence-electron chi connectivity index (χ0n) is 12.1. The Morgan fingerprint density at radius 3 is 2.57 bits per heavy atom. The highest BCUT2D eigenvalue weighted by Gasteiger charge is 2.50. The Balaban J connectivity index is 2.10. The van der Waals surface area contributed by atoms with Crippen LogP contribution >= 0.6 is 0 Å². The number of carboxylic acids is 1. The molecule has 8 nitrogen and oxygen atoms in total. The minimum atomic E-state index is -1.31. The number of hydrogen-bond donors (Lipinski definition) is 2. The second-order valence-corrected chi connectivity index (χ2v) is 5.52. The molecule has 1 heterocycles. The largest absolute Gasteiger partial charge is 0.480 e. The molecule has 0 aromatic carbocycles. The third-order valence-electron chi connectivity index (χ3n) is 4.07. The first-order valence-electron chi connectivity index (χ1n) is 6.88. The average molecular weight is 300 g/mol. The number of carboxylic acid groups (broad SMARTS) is 1. The van der Waals surface area contributed by atoms with Gasteiger partial charge in [0, 0.05) is 6.54 Å². The predicted octanol–water partition coefficient (Wildman–Crippen LogP) is -0.177. The van der Waals surface area contributed by atoms with Gasteiger partial charge in [-0.25, -0.2) is 14.4 Å². The number of hydrogen-bond acceptors (Lipinski definition) is 5. The SMILES string of the molecule is COC(=O)C1COCCN1C(=O)NC(C)(C(=O)O)C1CC1. The number of amides is 2. The standard InChI is InChI=1S/C13H20N2O6/c1-13(11(17)18,8-3-4-8)14-12(19)15-5-6-21-7-9(15)10(16)20-2/h8-9H,3-7H2,1-2H3,(H,14,19)(H,17,18). The van der Waals surface area contributed by atoms with Crippen LogP contribution in [0.2, 0.25) is 0 Å². The van der Waals surface area contributed by atoms with E-state index >= 15 is 0 Å². The fraction of sp³-hybridized carbons (Fsp3) is 0.769. The maximum Gasteiger partial charge on any atom is 0.331 e. The van der Waals surface area contributed by atoms with E-state index in [1.807, 2.05) is 0 Å². The third-order valence-corrected chi connectivity index (χ3v) is 4.07. The Hall–Kier alpha value is -1.83. The molecule has 0 bridgehead atoms. The van der Waals surface area contributed by atoms with E-state index in [-0.39, 0.29) is 19.1 Å². The fourth-order valence-corrected chi connectivity index (χ4v) is 2.46. The molecule has 1 saturated carbocycles. The van der Waals surface area contributed by atoms with E-state index in [1.54, 1.807) is 0 Å². The molecule has 8 heteroatoms. The Bertz CT molecular complexity index is 450. The first kappa shape index (κ1) is 15.6. The minimum Gasteiger partial charge on any atom is -0.480 e. The molecular weight excluding hydrogens is 280 g/mol. The lowest BCUT2D eigenvalue weighted by atomic mass is 9.96. The van der Waals surface area contributed by atoms with E-state index in [4.69, 9.17) is 4.74 Å². The van der Waals surface area contributed by atoms with Crippen LogP contribution in [0.5, 0.6) is 0 Å². The van der Waals surface area contributed by atoms with Crippen molar-refractivity contribution >= 4 is 18.0 Å². The van der Waals surface area contributed by atoms with Crippen LogP contribution in [0.3, 0.4) is 0 Å². The summed E-state index contributed by atoms with van der Waals surface area (Å²) in [6.07, 6.45) is 1.54. The quantitative estimate of drug-likeness (QED) is 0.698. The van der Waals surface area contributed by atoms with Gasteiger partial charge in [-0.3, -0.25) is 0 Å². The summed E-state index contributed by atoms with van der Waals surface area (Å²) in [5.41, 5.74) is -1.31. The number of methoxy groups -OCH3 is 1. The van der Waals surface area contributed by atoms with Gasteiger partial charge in [-0.2, -0.15) is 0 Å². The summed E-state index contributed by atoms with van der Waals surface area (Å²) >= 11 is 0. The van der Waals surface area contributed by atoms with Crippen molar-refractivity contribution in [2.75, 3.05) is 26.9 Å². The van der Waals surface area contributed by atoms with Gasteiger partial charge in [0.05, 0.1) is 20.3 Å². The van der Waals surface area contributed by atoms with Gasteiger partial charge in [-0.05, 0) is 25.7 Å². The van der Waals surface area contributed by atoms with Gasteiger partial charge in [0.25, 0.3) is 0 Å². The number of ether oxygens (including phenoxy) is 2. The minimum absolute atomic E-state index is 0.0489. The van der Waals surface area contributed by atoms with Gasteiger partial charge in [-0.1, -0.05) is 0 Å². The van der Waals surface area contributed by atoms with E-state index in [2.05, 4.69) is 10.1 Å². The molecule has 1 saturated heterocycles. The fourth-order valence-electron chi connectivity index (χ4n) is 2.46. The lowest BCUT2D eigenvalue weighted by Crippen LogP contribution is -2.62. The summed E-state index contributed by atoms with van der Waals surface area (Å²) in [5.74, 6) is -1.72. The van der Waals surface area contributed by atoms with Gasteiger partial charge in [0.1, 0.15) is 5.54 Å². The number of carbonyl (C=O) groups excluding carboxylic acids is 2. The molecule has 2 atom stereocenters. The molecule has 21 heavy (non-hydrogen) atoms. The van der Waals surface area contributed by atoms with Crippen LogP contribution in [0.1, 0.15) is 19.8 Å². The van der Waals surface area contributed by atoms with Crippen LogP contribution in [-0.2, 0) is 19.1 Å². The van der Waals surface area contributed by atoms with Gasteiger partial charge in [0.2, 0.25) is 0 Å². The highest BCUT2D eigenvalue weighted by molar-refractivity contribution is 5.89. The number of rotatable bonds is 4. The number of esters is 1.